The third-order valence-electron chi connectivity index (χ3n) is 3.02. The molecule has 0 aliphatic rings. The summed E-state index contributed by atoms with van der Waals surface area (Å²) in [7, 11) is 1.66. The molecule has 0 radical (unpaired) electrons. The predicted octanol–water partition coefficient (Wildman–Crippen LogP) is 4.06. The first-order chi connectivity index (χ1) is 9.60. The van der Waals surface area contributed by atoms with E-state index in [-0.39, 0.29) is 6.04 Å². The molecule has 0 aliphatic heterocycles. The summed E-state index contributed by atoms with van der Waals surface area (Å²) in [5, 5.41) is 0. The highest BCUT2D eigenvalue weighted by Crippen LogP contribution is 2.25. The summed E-state index contributed by atoms with van der Waals surface area (Å²) in [6, 6.07) is 13.7. The molecule has 0 saturated carbocycles. The van der Waals surface area contributed by atoms with Crippen LogP contribution >= 0.6 is 15.9 Å². The van der Waals surface area contributed by atoms with Gasteiger partial charge in [0.25, 0.3) is 0 Å². The van der Waals surface area contributed by atoms with E-state index in [9.17, 15) is 0 Å². The number of halogens is 1. The van der Waals surface area contributed by atoms with Crippen molar-refractivity contribution in [2.75, 3.05) is 7.11 Å². The third-order valence-corrected chi connectivity index (χ3v) is 3.51. The molecule has 0 bridgehead atoms. The van der Waals surface area contributed by atoms with Gasteiger partial charge in [0.2, 0.25) is 0 Å². The van der Waals surface area contributed by atoms with Crippen molar-refractivity contribution in [2.24, 2.45) is 5.73 Å². The summed E-state index contributed by atoms with van der Waals surface area (Å²) >= 11 is 3.45. The molecule has 0 unspecified atom stereocenters. The predicted molar refractivity (Wildman–Crippen MR) is 84.1 cm³/mol. The van der Waals surface area contributed by atoms with Crippen molar-refractivity contribution in [1.29, 1.82) is 0 Å². The van der Waals surface area contributed by atoms with E-state index in [1.165, 1.54) is 0 Å². The number of rotatable bonds is 5. The average molecular weight is 336 g/mol. The van der Waals surface area contributed by atoms with E-state index in [1.54, 1.807) is 7.11 Å². The Hall–Kier alpha value is -1.52. The Morgan fingerprint density at radius 3 is 2.70 bits per heavy atom. The maximum atomic E-state index is 5.87. The fraction of sp³-hybridized carbons (Fsp3) is 0.250. The van der Waals surface area contributed by atoms with Gasteiger partial charge in [0.05, 0.1) is 7.11 Å². The molecule has 106 valence electrons. The second-order valence-electron chi connectivity index (χ2n) is 4.61. The molecule has 0 amide bonds. The zero-order chi connectivity index (χ0) is 14.5. The topological polar surface area (TPSA) is 44.5 Å². The van der Waals surface area contributed by atoms with Gasteiger partial charge in [-0.1, -0.05) is 28.1 Å². The first-order valence-corrected chi connectivity index (χ1v) is 7.20. The third kappa shape index (κ3) is 3.74. The normalized spacial score (nSPS) is 12.0. The van der Waals surface area contributed by atoms with Gasteiger partial charge >= 0.3 is 0 Å². The van der Waals surface area contributed by atoms with E-state index < -0.39 is 0 Å². The molecule has 0 saturated heterocycles. The second kappa shape index (κ2) is 6.77. The van der Waals surface area contributed by atoms with Crippen molar-refractivity contribution in [3.8, 4) is 11.5 Å². The minimum atomic E-state index is -0.000967. The number of hydrogen-bond donors (Lipinski definition) is 1. The van der Waals surface area contributed by atoms with Crippen LogP contribution in [0.2, 0.25) is 0 Å². The summed E-state index contributed by atoms with van der Waals surface area (Å²) in [5.74, 6) is 1.62. The summed E-state index contributed by atoms with van der Waals surface area (Å²) in [6.45, 7) is 2.40. The first kappa shape index (κ1) is 14.9. The van der Waals surface area contributed by atoms with Gasteiger partial charge in [-0.15, -0.1) is 0 Å². The van der Waals surface area contributed by atoms with E-state index >= 15 is 0 Å². The van der Waals surface area contributed by atoms with Gasteiger partial charge in [-0.2, -0.15) is 0 Å². The zero-order valence-corrected chi connectivity index (χ0v) is 13.2. The number of methoxy groups -OCH3 is 1. The molecule has 0 aromatic heterocycles. The zero-order valence-electron chi connectivity index (χ0n) is 11.6. The molecule has 2 aromatic carbocycles. The van der Waals surface area contributed by atoms with Crippen molar-refractivity contribution >= 4 is 15.9 Å². The molecule has 3 nitrogen and oxygen atoms in total. The Labute approximate surface area is 127 Å². The molecule has 2 N–H and O–H groups in total. The van der Waals surface area contributed by atoms with E-state index in [0.717, 1.165) is 27.1 Å². The molecule has 0 fully saturated rings. The summed E-state index contributed by atoms with van der Waals surface area (Å²) in [6.07, 6.45) is 0. The van der Waals surface area contributed by atoms with Crippen LogP contribution in [-0.2, 0) is 6.61 Å². The number of benzene rings is 2. The van der Waals surface area contributed by atoms with Crippen molar-refractivity contribution in [1.82, 2.24) is 0 Å². The Kier molecular flexibility index (Phi) is 5.04. The highest BCUT2D eigenvalue weighted by molar-refractivity contribution is 9.10. The largest absolute Gasteiger partial charge is 0.496 e. The van der Waals surface area contributed by atoms with Crippen LogP contribution in [0, 0.1) is 0 Å². The maximum absolute atomic E-state index is 5.87. The fourth-order valence-electron chi connectivity index (χ4n) is 1.91. The highest BCUT2D eigenvalue weighted by Gasteiger charge is 2.06. The van der Waals surface area contributed by atoms with Gasteiger partial charge in [0, 0.05) is 16.1 Å². The lowest BCUT2D eigenvalue weighted by Crippen LogP contribution is -2.05. The van der Waals surface area contributed by atoms with Crippen molar-refractivity contribution in [3.05, 3.63) is 58.1 Å². The van der Waals surface area contributed by atoms with Crippen LogP contribution in [-0.4, -0.2) is 7.11 Å². The number of hydrogen-bond acceptors (Lipinski definition) is 3. The molecule has 2 aromatic rings. The number of nitrogens with two attached hydrogens (primary N) is 1. The highest BCUT2D eigenvalue weighted by atomic mass is 79.9. The van der Waals surface area contributed by atoms with Crippen LogP contribution in [0.25, 0.3) is 0 Å². The van der Waals surface area contributed by atoms with Crippen LogP contribution in [0.15, 0.2) is 46.9 Å². The summed E-state index contributed by atoms with van der Waals surface area (Å²) in [4.78, 5) is 0. The molecule has 4 heteroatoms. The molecule has 0 heterocycles. The van der Waals surface area contributed by atoms with Gasteiger partial charge in [-0.3, -0.25) is 0 Å². The monoisotopic (exact) mass is 335 g/mol. The van der Waals surface area contributed by atoms with Crippen LogP contribution in [0.1, 0.15) is 24.1 Å². The standard InChI is InChI=1S/C16H18BrNO2/c1-11(18)12-4-3-5-15(9-12)20-10-13-8-14(17)6-7-16(13)19-2/h3-9,11H,10,18H2,1-2H3/t11-/m0/s1. The fourth-order valence-corrected chi connectivity index (χ4v) is 2.32. The van der Waals surface area contributed by atoms with Crippen LogP contribution in [0.3, 0.4) is 0 Å². The van der Waals surface area contributed by atoms with Gasteiger partial charge in [-0.05, 0) is 42.8 Å². The second-order valence-corrected chi connectivity index (χ2v) is 5.52. The van der Waals surface area contributed by atoms with Gasteiger partial charge < -0.3 is 15.2 Å². The Morgan fingerprint density at radius 2 is 2.00 bits per heavy atom. The van der Waals surface area contributed by atoms with Gasteiger partial charge in [0.1, 0.15) is 18.1 Å². The molecular formula is C16H18BrNO2. The smallest absolute Gasteiger partial charge is 0.125 e. The van der Waals surface area contributed by atoms with Crippen LogP contribution in [0.4, 0.5) is 0 Å². The minimum Gasteiger partial charge on any atom is -0.496 e. The molecule has 20 heavy (non-hydrogen) atoms. The first-order valence-electron chi connectivity index (χ1n) is 6.41. The van der Waals surface area contributed by atoms with Crippen molar-refractivity contribution in [2.45, 2.75) is 19.6 Å². The maximum Gasteiger partial charge on any atom is 0.125 e. The quantitative estimate of drug-likeness (QED) is 0.896. The molecule has 0 spiro atoms. The lowest BCUT2D eigenvalue weighted by molar-refractivity contribution is 0.296. The van der Waals surface area contributed by atoms with Crippen molar-refractivity contribution < 1.29 is 9.47 Å². The van der Waals surface area contributed by atoms with E-state index in [2.05, 4.69) is 15.9 Å². The molecule has 0 aliphatic carbocycles. The van der Waals surface area contributed by atoms with Gasteiger partial charge in [-0.25, -0.2) is 0 Å². The SMILES string of the molecule is COc1ccc(Br)cc1COc1cccc([C@H](C)N)c1. The van der Waals surface area contributed by atoms with Crippen molar-refractivity contribution in [3.63, 3.8) is 0 Å². The van der Waals surface area contributed by atoms with Gasteiger partial charge in [0.15, 0.2) is 0 Å². The van der Waals surface area contributed by atoms with E-state index in [4.69, 9.17) is 15.2 Å². The minimum absolute atomic E-state index is 0.000967. The number of ether oxygens (including phenoxy) is 2. The lowest BCUT2D eigenvalue weighted by atomic mass is 10.1. The summed E-state index contributed by atoms with van der Waals surface area (Å²) < 4.78 is 12.2. The van der Waals surface area contributed by atoms with Crippen LogP contribution in [0.5, 0.6) is 11.5 Å². The average Bonchev–Trinajstić information content (AvgIpc) is 2.45. The Bertz CT molecular complexity index is 584. The van der Waals surface area contributed by atoms with E-state index in [1.807, 2.05) is 49.4 Å². The molecule has 1 atom stereocenters. The molecule has 2 rings (SSSR count). The van der Waals surface area contributed by atoms with E-state index in [0.29, 0.717) is 6.61 Å². The summed E-state index contributed by atoms with van der Waals surface area (Å²) in [5.41, 5.74) is 7.93. The Balaban J connectivity index is 2.12. The molecular weight excluding hydrogens is 318 g/mol. The lowest BCUT2D eigenvalue weighted by Gasteiger charge is -2.12. The Morgan fingerprint density at radius 1 is 1.20 bits per heavy atom. The van der Waals surface area contributed by atoms with Crippen LogP contribution < -0.4 is 15.2 Å².